The summed E-state index contributed by atoms with van der Waals surface area (Å²) in [4.78, 5) is 38.1. The number of nitrogens with zero attached hydrogens (tertiary/aromatic N) is 4. The maximum Gasteiger partial charge on any atom is 0.329 e. The molecule has 4 rings (SSSR count). The fourth-order valence-electron chi connectivity index (χ4n) is 5.14. The van der Waals surface area contributed by atoms with Crippen LogP contribution in [0.15, 0.2) is 45.5 Å². The molecule has 10 heteroatoms. The van der Waals surface area contributed by atoms with Crippen molar-refractivity contribution in [2.24, 2.45) is 5.92 Å². The molecule has 8 nitrogen and oxygen atoms in total. The fourth-order valence-corrected chi connectivity index (χ4v) is 6.48. The number of thiol groups is 1. The highest BCUT2D eigenvalue weighted by Crippen LogP contribution is 2.54. The van der Waals surface area contributed by atoms with Crippen LogP contribution in [-0.4, -0.2) is 42.5 Å². The zero-order valence-electron chi connectivity index (χ0n) is 20.4. The Morgan fingerprint density at radius 2 is 2.06 bits per heavy atom. The first-order chi connectivity index (χ1) is 16.5. The van der Waals surface area contributed by atoms with Gasteiger partial charge in [-0.05, 0) is 41.9 Å². The molecule has 1 fully saturated rings. The van der Waals surface area contributed by atoms with Crippen LogP contribution in [0.3, 0.4) is 0 Å². The lowest BCUT2D eigenvalue weighted by molar-refractivity contribution is -0.150. The number of benzene rings is 1. The van der Waals surface area contributed by atoms with Crippen molar-refractivity contribution < 1.29 is 19.2 Å². The van der Waals surface area contributed by atoms with Gasteiger partial charge in [0.1, 0.15) is 10.5 Å². The van der Waals surface area contributed by atoms with E-state index >= 15 is 0 Å². The molecule has 1 aromatic carbocycles. The topological polar surface area (TPSA) is 109 Å². The number of aliphatic carboxylic acids is 1. The Bertz CT molecular complexity index is 1200. The van der Waals surface area contributed by atoms with Crippen molar-refractivity contribution in [1.29, 1.82) is 0 Å². The molecule has 1 aliphatic rings. The van der Waals surface area contributed by atoms with E-state index in [4.69, 9.17) is 4.52 Å². The summed E-state index contributed by atoms with van der Waals surface area (Å²) in [5, 5.41) is 16.8. The molecular weight excluding hydrogens is 484 g/mol. The van der Waals surface area contributed by atoms with E-state index in [1.807, 2.05) is 25.3 Å². The standard InChI is InChI=1S/C25H30N4O4S2/c1-14(2)11-25(23(31)32)12-16(20-27-13-28-33-20)19(21-26-8-9-35-21)29(25)22(30)15-6-7-17(18(34)10-15)24(3,4)5/h6-10,13-14,16,19,34H,11-12H2,1-5H3,(H,31,32)/t16-,19+,25-/m0/s1. The smallest absolute Gasteiger partial charge is 0.329 e. The third-order valence-corrected chi connectivity index (χ3v) is 7.71. The number of carbonyl (C=O) groups is 2. The van der Waals surface area contributed by atoms with Crippen LogP contribution in [-0.2, 0) is 10.2 Å². The largest absolute Gasteiger partial charge is 0.479 e. The Kier molecular flexibility index (Phi) is 6.80. The number of rotatable bonds is 6. The van der Waals surface area contributed by atoms with Gasteiger partial charge < -0.3 is 14.5 Å². The van der Waals surface area contributed by atoms with Crippen LogP contribution in [0, 0.1) is 5.92 Å². The Hall–Kier alpha value is -2.72. The van der Waals surface area contributed by atoms with E-state index in [1.54, 1.807) is 18.3 Å². The average molecular weight is 515 g/mol. The number of hydrogen-bond donors (Lipinski definition) is 2. The van der Waals surface area contributed by atoms with Crippen LogP contribution in [0.4, 0.5) is 0 Å². The fraction of sp³-hybridized carbons (Fsp3) is 0.480. The van der Waals surface area contributed by atoms with Gasteiger partial charge in [0.2, 0.25) is 5.89 Å². The molecular formula is C25H30N4O4S2. The third kappa shape index (κ3) is 4.61. The summed E-state index contributed by atoms with van der Waals surface area (Å²) in [6.07, 6.45) is 3.36. The number of carboxylic acid groups (broad SMARTS) is 1. The Morgan fingerprint density at radius 3 is 2.57 bits per heavy atom. The van der Waals surface area contributed by atoms with E-state index in [-0.39, 0.29) is 30.1 Å². The first-order valence-electron chi connectivity index (χ1n) is 11.5. The minimum absolute atomic E-state index is 0.0171. The highest BCUT2D eigenvalue weighted by Gasteiger charge is 2.61. The molecule has 1 amide bonds. The Balaban J connectivity index is 1.90. The van der Waals surface area contributed by atoms with Crippen LogP contribution in [0.5, 0.6) is 0 Å². The number of thiazole rings is 1. The highest BCUT2D eigenvalue weighted by molar-refractivity contribution is 7.80. The van der Waals surface area contributed by atoms with Gasteiger partial charge in [-0.15, -0.1) is 24.0 Å². The lowest BCUT2D eigenvalue weighted by atomic mass is 9.83. The molecule has 2 aromatic heterocycles. The van der Waals surface area contributed by atoms with Gasteiger partial charge in [0.15, 0.2) is 6.33 Å². The van der Waals surface area contributed by atoms with Gasteiger partial charge in [-0.1, -0.05) is 45.8 Å². The van der Waals surface area contributed by atoms with E-state index in [1.165, 1.54) is 22.6 Å². The van der Waals surface area contributed by atoms with Crippen LogP contribution < -0.4 is 0 Å². The second-order valence-corrected chi connectivity index (χ2v) is 11.9. The molecule has 186 valence electrons. The molecule has 1 aliphatic heterocycles. The summed E-state index contributed by atoms with van der Waals surface area (Å²) >= 11 is 6.03. The normalized spacial score (nSPS) is 22.7. The first kappa shape index (κ1) is 25.4. The zero-order valence-corrected chi connectivity index (χ0v) is 22.1. The number of likely N-dealkylation sites (tertiary alicyclic amines) is 1. The molecule has 3 atom stereocenters. The lowest BCUT2D eigenvalue weighted by Gasteiger charge is -2.38. The SMILES string of the molecule is CC(C)C[C@@]1(C(=O)O)C[C@H](c2ncno2)[C@H](c2nccs2)N1C(=O)c1ccc(C(C)(C)C)c(S)c1. The molecule has 0 saturated carbocycles. The lowest BCUT2D eigenvalue weighted by Crippen LogP contribution is -2.54. The van der Waals surface area contributed by atoms with Crippen LogP contribution in [0.1, 0.15) is 86.2 Å². The van der Waals surface area contributed by atoms with Gasteiger partial charge in [0, 0.05) is 22.0 Å². The highest BCUT2D eigenvalue weighted by atomic mass is 32.1. The molecule has 3 aromatic rings. The first-order valence-corrected chi connectivity index (χ1v) is 12.8. The van der Waals surface area contributed by atoms with Crippen molar-refractivity contribution in [3.05, 3.63) is 58.1 Å². The summed E-state index contributed by atoms with van der Waals surface area (Å²) < 4.78 is 5.40. The van der Waals surface area contributed by atoms with Gasteiger partial charge in [-0.2, -0.15) is 4.98 Å². The maximum absolute atomic E-state index is 14.2. The number of aromatic nitrogens is 3. The van der Waals surface area contributed by atoms with Gasteiger partial charge in [0.05, 0.1) is 12.0 Å². The van der Waals surface area contributed by atoms with Crippen LogP contribution in [0.2, 0.25) is 0 Å². The molecule has 0 aliphatic carbocycles. The summed E-state index contributed by atoms with van der Waals surface area (Å²) in [5.41, 5.74) is -0.239. The van der Waals surface area contributed by atoms with Gasteiger partial charge in [0.25, 0.3) is 5.91 Å². The monoisotopic (exact) mass is 514 g/mol. The summed E-state index contributed by atoms with van der Waals surface area (Å²) in [6, 6.07) is 4.71. The van der Waals surface area contributed by atoms with E-state index in [0.29, 0.717) is 21.4 Å². The predicted octanol–water partition coefficient (Wildman–Crippen LogP) is 5.35. The number of carbonyl (C=O) groups excluding carboxylic acids is 1. The maximum atomic E-state index is 14.2. The van der Waals surface area contributed by atoms with E-state index in [0.717, 1.165) is 5.56 Å². The van der Waals surface area contributed by atoms with Crippen molar-refractivity contribution in [1.82, 2.24) is 20.0 Å². The molecule has 3 heterocycles. The van der Waals surface area contributed by atoms with Crippen LogP contribution in [0.25, 0.3) is 0 Å². The summed E-state index contributed by atoms with van der Waals surface area (Å²) in [6.45, 7) is 10.1. The summed E-state index contributed by atoms with van der Waals surface area (Å²) in [5.74, 6) is -1.63. The third-order valence-electron chi connectivity index (χ3n) is 6.49. The molecule has 35 heavy (non-hydrogen) atoms. The van der Waals surface area contributed by atoms with Crippen molar-refractivity contribution in [3.63, 3.8) is 0 Å². The number of hydrogen-bond acceptors (Lipinski definition) is 8. The Morgan fingerprint density at radius 1 is 1.31 bits per heavy atom. The minimum atomic E-state index is -1.47. The zero-order chi connectivity index (χ0) is 25.5. The van der Waals surface area contributed by atoms with Crippen molar-refractivity contribution in [2.75, 3.05) is 0 Å². The van der Waals surface area contributed by atoms with E-state index < -0.39 is 23.5 Å². The molecule has 1 N–H and O–H groups in total. The number of carboxylic acids is 1. The molecule has 0 radical (unpaired) electrons. The average Bonchev–Trinajstić information content (AvgIpc) is 3.51. The van der Waals surface area contributed by atoms with E-state index in [2.05, 4.69) is 48.5 Å². The molecule has 0 bridgehead atoms. The van der Waals surface area contributed by atoms with Crippen molar-refractivity contribution >= 4 is 35.8 Å². The second-order valence-electron chi connectivity index (χ2n) is 10.5. The van der Waals surface area contributed by atoms with Gasteiger partial charge >= 0.3 is 5.97 Å². The second kappa shape index (κ2) is 9.39. The molecule has 1 saturated heterocycles. The molecule has 0 unspecified atom stereocenters. The van der Waals surface area contributed by atoms with Crippen molar-refractivity contribution in [2.45, 2.75) is 75.3 Å². The van der Waals surface area contributed by atoms with Gasteiger partial charge in [-0.3, -0.25) is 4.79 Å². The minimum Gasteiger partial charge on any atom is -0.479 e. The quantitative estimate of drug-likeness (QED) is 0.427. The van der Waals surface area contributed by atoms with E-state index in [9.17, 15) is 14.7 Å². The predicted molar refractivity (Wildman–Crippen MR) is 135 cm³/mol. The Labute approximate surface area is 214 Å². The van der Waals surface area contributed by atoms with Crippen LogP contribution >= 0.6 is 24.0 Å². The molecule has 0 spiro atoms. The van der Waals surface area contributed by atoms with Crippen molar-refractivity contribution in [3.8, 4) is 0 Å². The van der Waals surface area contributed by atoms with Gasteiger partial charge in [-0.25, -0.2) is 9.78 Å². The summed E-state index contributed by atoms with van der Waals surface area (Å²) in [7, 11) is 0. The number of amides is 1.